The Labute approximate surface area is 161 Å². The number of thiophene rings is 1. The van der Waals surface area contributed by atoms with Crippen molar-refractivity contribution in [3.05, 3.63) is 59.1 Å². The van der Waals surface area contributed by atoms with Gasteiger partial charge in [-0.2, -0.15) is 0 Å². The van der Waals surface area contributed by atoms with Gasteiger partial charge >= 0.3 is 5.97 Å². The first kappa shape index (κ1) is 19.3. The van der Waals surface area contributed by atoms with E-state index in [-0.39, 0.29) is 17.9 Å². The largest absolute Gasteiger partial charge is 0.459 e. The van der Waals surface area contributed by atoms with Crippen LogP contribution in [0.25, 0.3) is 10.6 Å². The molecule has 0 unspecified atom stereocenters. The molecule has 0 bridgehead atoms. The van der Waals surface area contributed by atoms with Crippen molar-refractivity contribution in [3.8, 4) is 10.6 Å². The molecule has 0 atom stereocenters. The Morgan fingerprint density at radius 2 is 1.96 bits per heavy atom. The van der Waals surface area contributed by atoms with E-state index in [0.717, 1.165) is 4.88 Å². The average molecular weight is 405 g/mol. The van der Waals surface area contributed by atoms with Crippen molar-refractivity contribution in [2.75, 3.05) is 0 Å². The lowest BCUT2D eigenvalue weighted by molar-refractivity contribution is -0.144. The number of ether oxygens (including phenoxy) is 1. The maximum Gasteiger partial charge on any atom is 0.310 e. The summed E-state index contributed by atoms with van der Waals surface area (Å²) in [6, 6.07) is 11.9. The zero-order chi connectivity index (χ0) is 19.4. The van der Waals surface area contributed by atoms with Crippen LogP contribution >= 0.6 is 11.3 Å². The first-order valence-electron chi connectivity index (χ1n) is 8.34. The van der Waals surface area contributed by atoms with E-state index in [1.807, 2.05) is 17.5 Å². The van der Waals surface area contributed by atoms with Gasteiger partial charge in [0.05, 0.1) is 21.4 Å². The van der Waals surface area contributed by atoms with Crippen LogP contribution in [0.1, 0.15) is 25.1 Å². The second-order valence-electron chi connectivity index (χ2n) is 6.23. The van der Waals surface area contributed by atoms with Crippen LogP contribution in [0.5, 0.6) is 0 Å². The molecule has 142 valence electrons. The van der Waals surface area contributed by atoms with Crippen LogP contribution in [-0.4, -0.2) is 24.8 Å². The third kappa shape index (κ3) is 4.64. The second-order valence-corrected chi connectivity index (χ2v) is 9.69. The molecule has 0 radical (unpaired) electrons. The molecule has 0 fully saturated rings. The molecule has 0 amide bonds. The fourth-order valence-corrected chi connectivity index (χ4v) is 4.09. The highest BCUT2D eigenvalue weighted by molar-refractivity contribution is 7.92. The van der Waals surface area contributed by atoms with E-state index < -0.39 is 21.1 Å². The lowest BCUT2D eigenvalue weighted by atomic mass is 10.1. The summed E-state index contributed by atoms with van der Waals surface area (Å²) in [6.07, 6.45) is 0.0532. The Balaban J connectivity index is 1.55. The number of benzene rings is 1. The molecule has 3 rings (SSSR count). The van der Waals surface area contributed by atoms with Gasteiger partial charge in [0.2, 0.25) is 0 Å². The first-order chi connectivity index (χ1) is 12.9. The number of rotatable bonds is 7. The summed E-state index contributed by atoms with van der Waals surface area (Å²) in [5.41, 5.74) is 1.22. The zero-order valence-corrected chi connectivity index (χ0v) is 16.5. The Morgan fingerprint density at radius 3 is 2.59 bits per heavy atom. The molecule has 6 nitrogen and oxygen atoms in total. The van der Waals surface area contributed by atoms with E-state index in [1.54, 1.807) is 32.0 Å². The molecule has 0 aliphatic heterocycles. The minimum absolute atomic E-state index is 0.0214. The topological polar surface area (TPSA) is 86.5 Å². The predicted octanol–water partition coefficient (Wildman–Crippen LogP) is 3.87. The molecular formula is C19H19NO5S2. The van der Waals surface area contributed by atoms with Crippen LogP contribution in [0.3, 0.4) is 0 Å². The molecule has 0 saturated heterocycles. The van der Waals surface area contributed by atoms with Gasteiger partial charge in [-0.25, -0.2) is 8.42 Å². The quantitative estimate of drug-likeness (QED) is 0.555. The first-order valence-corrected chi connectivity index (χ1v) is 10.8. The molecule has 0 N–H and O–H groups in total. The Bertz CT molecular complexity index is 1000. The molecule has 27 heavy (non-hydrogen) atoms. The van der Waals surface area contributed by atoms with E-state index in [1.165, 1.54) is 23.5 Å². The standard InChI is InChI=1S/C19H19NO5S2/c1-13(2)27(22,23)16-7-5-14(6-8-16)10-19(21)24-12-15-11-17(25-20-15)18-4-3-9-26-18/h3-9,11,13H,10,12H2,1-2H3. The second kappa shape index (κ2) is 8.06. The number of hydrogen-bond donors (Lipinski definition) is 0. The third-order valence-corrected chi connectivity index (χ3v) is 6.98. The van der Waals surface area contributed by atoms with E-state index in [0.29, 0.717) is 17.0 Å². The average Bonchev–Trinajstić information content (AvgIpc) is 3.32. The van der Waals surface area contributed by atoms with Crippen molar-refractivity contribution in [2.24, 2.45) is 0 Å². The van der Waals surface area contributed by atoms with E-state index in [4.69, 9.17) is 9.26 Å². The molecular weight excluding hydrogens is 386 g/mol. The Kier molecular flexibility index (Phi) is 5.76. The number of nitrogens with zero attached hydrogens (tertiary/aromatic N) is 1. The molecule has 0 spiro atoms. The van der Waals surface area contributed by atoms with Gasteiger partial charge in [0.25, 0.3) is 0 Å². The van der Waals surface area contributed by atoms with Crippen molar-refractivity contribution >= 4 is 27.1 Å². The Morgan fingerprint density at radius 1 is 1.22 bits per heavy atom. The van der Waals surface area contributed by atoms with Gasteiger partial charge in [0, 0.05) is 6.07 Å². The molecule has 1 aromatic carbocycles. The van der Waals surface area contributed by atoms with Gasteiger partial charge in [-0.05, 0) is 43.0 Å². The molecule has 0 aliphatic carbocycles. The molecule has 3 aromatic rings. The van der Waals surface area contributed by atoms with Crippen LogP contribution in [0.15, 0.2) is 57.3 Å². The summed E-state index contributed by atoms with van der Waals surface area (Å²) >= 11 is 1.54. The smallest absolute Gasteiger partial charge is 0.310 e. The van der Waals surface area contributed by atoms with Gasteiger partial charge in [-0.15, -0.1) is 11.3 Å². The van der Waals surface area contributed by atoms with Crippen LogP contribution in [0, 0.1) is 0 Å². The number of esters is 1. The number of carbonyl (C=O) groups excluding carboxylic acids is 1. The normalized spacial score (nSPS) is 11.7. The maximum atomic E-state index is 12.1. The summed E-state index contributed by atoms with van der Waals surface area (Å²) in [5, 5.41) is 5.34. The van der Waals surface area contributed by atoms with E-state index in [2.05, 4.69) is 5.16 Å². The van der Waals surface area contributed by atoms with Gasteiger partial charge in [-0.3, -0.25) is 4.79 Å². The van der Waals surface area contributed by atoms with Crippen molar-refractivity contribution < 1.29 is 22.5 Å². The SMILES string of the molecule is CC(C)S(=O)(=O)c1ccc(CC(=O)OCc2cc(-c3cccs3)on2)cc1. The lowest BCUT2D eigenvalue weighted by Crippen LogP contribution is -2.14. The molecule has 2 aromatic heterocycles. The van der Waals surface area contributed by atoms with Crippen molar-refractivity contribution in [2.45, 2.75) is 37.0 Å². The summed E-state index contributed by atoms with van der Waals surface area (Å²) in [4.78, 5) is 13.2. The zero-order valence-electron chi connectivity index (χ0n) is 14.9. The lowest BCUT2D eigenvalue weighted by Gasteiger charge is -2.08. The fourth-order valence-electron chi connectivity index (χ4n) is 2.36. The van der Waals surface area contributed by atoms with Crippen molar-refractivity contribution in [1.29, 1.82) is 0 Å². The molecule has 0 aliphatic rings. The summed E-state index contributed by atoms with van der Waals surface area (Å²) in [5.74, 6) is 0.216. The minimum Gasteiger partial charge on any atom is -0.459 e. The number of carbonyl (C=O) groups is 1. The van der Waals surface area contributed by atoms with E-state index in [9.17, 15) is 13.2 Å². The van der Waals surface area contributed by atoms with Crippen LogP contribution < -0.4 is 0 Å². The highest BCUT2D eigenvalue weighted by Gasteiger charge is 2.19. The molecule has 8 heteroatoms. The number of aromatic nitrogens is 1. The summed E-state index contributed by atoms with van der Waals surface area (Å²) < 4.78 is 34.7. The predicted molar refractivity (Wildman–Crippen MR) is 102 cm³/mol. The van der Waals surface area contributed by atoms with Crippen molar-refractivity contribution in [3.63, 3.8) is 0 Å². The molecule has 0 saturated carbocycles. The van der Waals surface area contributed by atoms with Gasteiger partial charge in [0.15, 0.2) is 15.6 Å². The number of hydrogen-bond acceptors (Lipinski definition) is 7. The highest BCUT2D eigenvalue weighted by Crippen LogP contribution is 2.25. The van der Waals surface area contributed by atoms with Gasteiger partial charge in [0.1, 0.15) is 12.3 Å². The van der Waals surface area contributed by atoms with Crippen LogP contribution in [0.2, 0.25) is 0 Å². The minimum atomic E-state index is -3.32. The molecule has 2 heterocycles. The highest BCUT2D eigenvalue weighted by atomic mass is 32.2. The van der Waals surface area contributed by atoms with Crippen molar-refractivity contribution in [1.82, 2.24) is 5.16 Å². The fraction of sp³-hybridized carbons (Fsp3) is 0.263. The summed E-state index contributed by atoms with van der Waals surface area (Å²) in [6.45, 7) is 3.29. The van der Waals surface area contributed by atoms with Crippen LogP contribution in [0.4, 0.5) is 0 Å². The Hall–Kier alpha value is -2.45. The maximum absolute atomic E-state index is 12.1. The monoisotopic (exact) mass is 405 g/mol. The van der Waals surface area contributed by atoms with Gasteiger partial charge in [-0.1, -0.05) is 23.4 Å². The third-order valence-electron chi connectivity index (χ3n) is 3.92. The number of sulfone groups is 1. The summed E-state index contributed by atoms with van der Waals surface area (Å²) in [7, 11) is -3.32. The van der Waals surface area contributed by atoms with Gasteiger partial charge < -0.3 is 9.26 Å². The van der Waals surface area contributed by atoms with Crippen LogP contribution in [-0.2, 0) is 32.4 Å². The van der Waals surface area contributed by atoms with E-state index >= 15 is 0 Å².